The van der Waals surface area contributed by atoms with Gasteiger partial charge >= 0.3 is 0 Å². The third-order valence-electron chi connectivity index (χ3n) is 3.98. The number of aromatic nitrogens is 2. The highest BCUT2D eigenvalue weighted by Gasteiger charge is 2.07. The lowest BCUT2D eigenvalue weighted by Crippen LogP contribution is -2.34. The van der Waals surface area contributed by atoms with E-state index < -0.39 is 0 Å². The maximum absolute atomic E-state index is 12.2. The fourth-order valence-electron chi connectivity index (χ4n) is 2.51. The molecule has 0 unspecified atom stereocenters. The first kappa shape index (κ1) is 18.4. The Kier molecular flexibility index (Phi) is 5.99. The van der Waals surface area contributed by atoms with Crippen LogP contribution in [0.3, 0.4) is 0 Å². The molecule has 6 nitrogen and oxygen atoms in total. The number of rotatable bonds is 7. The Morgan fingerprint density at radius 2 is 1.85 bits per heavy atom. The first-order valence-corrected chi connectivity index (χ1v) is 8.70. The zero-order valence-electron chi connectivity index (χ0n) is 15.1. The summed E-state index contributed by atoms with van der Waals surface area (Å²) in [6, 6.07) is 18.6. The lowest BCUT2D eigenvalue weighted by atomic mass is 10.1. The fourth-order valence-corrected chi connectivity index (χ4v) is 2.51. The number of para-hydroxylation sites is 1. The number of nitrogens with one attached hydrogen (secondary N) is 1. The second-order valence-corrected chi connectivity index (χ2v) is 6.12. The van der Waals surface area contributed by atoms with Gasteiger partial charge in [-0.1, -0.05) is 48.0 Å². The Morgan fingerprint density at radius 1 is 1.11 bits per heavy atom. The molecule has 0 aliphatic heterocycles. The molecule has 2 aromatic carbocycles. The van der Waals surface area contributed by atoms with E-state index in [2.05, 4.69) is 10.3 Å². The number of hydrogen-bond acceptors (Lipinski definition) is 4. The Labute approximate surface area is 157 Å². The number of benzene rings is 2. The summed E-state index contributed by atoms with van der Waals surface area (Å²) in [6.45, 7) is 2.64. The molecule has 0 aliphatic rings. The van der Waals surface area contributed by atoms with Crippen molar-refractivity contribution < 1.29 is 9.53 Å². The van der Waals surface area contributed by atoms with E-state index in [1.54, 1.807) is 0 Å². The Morgan fingerprint density at radius 3 is 2.56 bits per heavy atom. The topological polar surface area (TPSA) is 73.2 Å². The second-order valence-electron chi connectivity index (χ2n) is 6.12. The number of carbonyl (C=O) groups is 1. The summed E-state index contributed by atoms with van der Waals surface area (Å²) in [5.41, 5.74) is 2.33. The van der Waals surface area contributed by atoms with Gasteiger partial charge < -0.3 is 10.1 Å². The highest BCUT2D eigenvalue weighted by Crippen LogP contribution is 2.15. The molecule has 1 amide bonds. The van der Waals surface area contributed by atoms with E-state index in [9.17, 15) is 9.59 Å². The number of nitrogens with zero attached hydrogens (tertiary/aromatic N) is 2. The van der Waals surface area contributed by atoms with Gasteiger partial charge in [0.2, 0.25) is 5.91 Å². The summed E-state index contributed by atoms with van der Waals surface area (Å²) >= 11 is 0. The van der Waals surface area contributed by atoms with Crippen molar-refractivity contribution >= 4 is 5.91 Å². The van der Waals surface area contributed by atoms with Crippen LogP contribution in [-0.4, -0.2) is 28.6 Å². The van der Waals surface area contributed by atoms with E-state index in [4.69, 9.17) is 4.74 Å². The molecule has 0 saturated heterocycles. The first-order valence-electron chi connectivity index (χ1n) is 8.70. The average Bonchev–Trinajstić information content (AvgIpc) is 2.68. The number of carbonyl (C=O) groups excluding carboxylic acids is 1. The molecular weight excluding hydrogens is 342 g/mol. The molecule has 0 bridgehead atoms. The summed E-state index contributed by atoms with van der Waals surface area (Å²) < 4.78 is 6.79. The molecule has 0 aliphatic carbocycles. The van der Waals surface area contributed by atoms with Gasteiger partial charge in [0.05, 0.1) is 18.6 Å². The molecule has 1 N–H and O–H groups in total. The zero-order chi connectivity index (χ0) is 19.1. The van der Waals surface area contributed by atoms with Crippen LogP contribution in [0.25, 0.3) is 11.3 Å². The number of amides is 1. The van der Waals surface area contributed by atoms with Gasteiger partial charge in [0.25, 0.3) is 5.56 Å². The van der Waals surface area contributed by atoms with E-state index in [1.807, 2.05) is 61.5 Å². The van der Waals surface area contributed by atoms with Crippen molar-refractivity contribution in [1.29, 1.82) is 0 Å². The van der Waals surface area contributed by atoms with Crippen LogP contribution in [0.1, 0.15) is 5.56 Å². The van der Waals surface area contributed by atoms with Gasteiger partial charge in [0.1, 0.15) is 18.9 Å². The number of aryl methyl sites for hydroxylation is 1. The van der Waals surface area contributed by atoms with Crippen molar-refractivity contribution in [3.05, 3.63) is 82.9 Å². The van der Waals surface area contributed by atoms with E-state index in [0.717, 1.165) is 16.9 Å². The van der Waals surface area contributed by atoms with Gasteiger partial charge in [-0.05, 0) is 19.1 Å². The summed E-state index contributed by atoms with van der Waals surface area (Å²) in [7, 11) is 0. The first-order chi connectivity index (χ1) is 13.1. The monoisotopic (exact) mass is 363 g/mol. The Hall–Kier alpha value is -3.41. The molecule has 0 atom stereocenters. The maximum atomic E-state index is 12.2. The summed E-state index contributed by atoms with van der Waals surface area (Å²) in [6.07, 6.45) is 1.40. The molecule has 3 aromatic rings. The lowest BCUT2D eigenvalue weighted by Gasteiger charge is -2.09. The van der Waals surface area contributed by atoms with Crippen molar-refractivity contribution in [2.45, 2.75) is 13.5 Å². The minimum absolute atomic E-state index is 0.0780. The molecule has 1 aromatic heterocycles. The van der Waals surface area contributed by atoms with E-state index in [1.165, 1.54) is 17.0 Å². The van der Waals surface area contributed by atoms with Gasteiger partial charge in [-0.2, -0.15) is 0 Å². The number of ether oxygens (including phenoxy) is 1. The van der Waals surface area contributed by atoms with Crippen molar-refractivity contribution in [3.8, 4) is 17.0 Å². The minimum atomic E-state index is -0.267. The normalized spacial score (nSPS) is 10.4. The van der Waals surface area contributed by atoms with E-state index >= 15 is 0 Å². The van der Waals surface area contributed by atoms with E-state index in [0.29, 0.717) is 18.8 Å². The molecule has 6 heteroatoms. The summed E-state index contributed by atoms with van der Waals surface area (Å²) in [5, 5.41) is 2.73. The smallest absolute Gasteiger partial charge is 0.254 e. The van der Waals surface area contributed by atoms with Crippen LogP contribution in [0, 0.1) is 6.92 Å². The van der Waals surface area contributed by atoms with Crippen molar-refractivity contribution in [2.24, 2.45) is 0 Å². The highest BCUT2D eigenvalue weighted by molar-refractivity contribution is 5.75. The Bertz CT molecular complexity index is 950. The molecule has 138 valence electrons. The SMILES string of the molecule is Cc1ccc(-c2cc(=O)n(CC(=O)NCCOc3ccccc3)cn2)cc1. The van der Waals surface area contributed by atoms with Crippen LogP contribution in [0.15, 0.2) is 71.8 Å². The van der Waals surface area contributed by atoms with Crippen LogP contribution in [0.5, 0.6) is 5.75 Å². The van der Waals surface area contributed by atoms with Crippen LogP contribution in [0.4, 0.5) is 0 Å². The van der Waals surface area contributed by atoms with Crippen LogP contribution < -0.4 is 15.6 Å². The largest absolute Gasteiger partial charge is 0.492 e. The third kappa shape index (κ3) is 5.28. The van der Waals surface area contributed by atoms with Crippen LogP contribution >= 0.6 is 0 Å². The predicted octanol–water partition coefficient (Wildman–Crippen LogP) is 2.41. The van der Waals surface area contributed by atoms with Gasteiger partial charge in [0.15, 0.2) is 0 Å². The maximum Gasteiger partial charge on any atom is 0.254 e. The predicted molar refractivity (Wildman–Crippen MR) is 104 cm³/mol. The standard InChI is InChI=1S/C21H21N3O3/c1-16-7-9-17(10-8-16)19-13-21(26)24(15-23-19)14-20(25)22-11-12-27-18-5-3-2-4-6-18/h2-10,13,15H,11-12,14H2,1H3,(H,22,25). The minimum Gasteiger partial charge on any atom is -0.492 e. The molecule has 0 spiro atoms. The lowest BCUT2D eigenvalue weighted by molar-refractivity contribution is -0.121. The van der Waals surface area contributed by atoms with Gasteiger partial charge in [-0.25, -0.2) is 4.98 Å². The Balaban J connectivity index is 1.52. The van der Waals surface area contributed by atoms with Gasteiger partial charge in [0, 0.05) is 11.6 Å². The zero-order valence-corrected chi connectivity index (χ0v) is 15.1. The quantitative estimate of drug-likeness (QED) is 0.654. The number of hydrogen-bond donors (Lipinski definition) is 1. The van der Waals surface area contributed by atoms with Crippen molar-refractivity contribution in [1.82, 2.24) is 14.9 Å². The molecule has 27 heavy (non-hydrogen) atoms. The summed E-state index contributed by atoms with van der Waals surface area (Å²) in [4.78, 5) is 28.6. The molecule has 3 rings (SSSR count). The summed E-state index contributed by atoms with van der Waals surface area (Å²) in [5.74, 6) is 0.484. The third-order valence-corrected chi connectivity index (χ3v) is 3.98. The fraction of sp³-hybridized carbons (Fsp3) is 0.190. The molecular formula is C21H21N3O3. The van der Waals surface area contributed by atoms with E-state index in [-0.39, 0.29) is 18.0 Å². The highest BCUT2D eigenvalue weighted by atomic mass is 16.5. The van der Waals surface area contributed by atoms with Gasteiger partial charge in [-0.15, -0.1) is 0 Å². The second kappa shape index (κ2) is 8.80. The average molecular weight is 363 g/mol. The van der Waals surface area contributed by atoms with Crippen LogP contribution in [0.2, 0.25) is 0 Å². The van der Waals surface area contributed by atoms with Crippen molar-refractivity contribution in [2.75, 3.05) is 13.2 Å². The van der Waals surface area contributed by atoms with Crippen LogP contribution in [-0.2, 0) is 11.3 Å². The molecule has 1 heterocycles. The van der Waals surface area contributed by atoms with Gasteiger partial charge in [-0.3, -0.25) is 14.2 Å². The molecule has 0 radical (unpaired) electrons. The van der Waals surface area contributed by atoms with Crippen molar-refractivity contribution in [3.63, 3.8) is 0 Å². The molecule has 0 saturated carbocycles. The molecule has 0 fully saturated rings.